The number of hydrogen-bond acceptors (Lipinski definition) is 1. The summed E-state index contributed by atoms with van der Waals surface area (Å²) in [7, 11) is 0. The molecule has 0 amide bonds. The molecule has 0 unspecified atom stereocenters. The second-order valence-electron chi connectivity index (χ2n) is 1.69. The molecule has 0 aliphatic carbocycles. The van der Waals surface area contributed by atoms with Crippen LogP contribution in [0.1, 0.15) is 6.42 Å². The van der Waals surface area contributed by atoms with Crippen LogP contribution in [0.5, 0.6) is 0 Å². The molecule has 0 atom stereocenters. The van der Waals surface area contributed by atoms with E-state index in [-0.39, 0.29) is 0 Å². The summed E-state index contributed by atoms with van der Waals surface area (Å²) in [6.45, 7) is 2.22. The van der Waals surface area contributed by atoms with Gasteiger partial charge in [0, 0.05) is 6.54 Å². The first kappa shape index (κ1) is 5.32. The van der Waals surface area contributed by atoms with Gasteiger partial charge in [-0.2, -0.15) is 0 Å². The molecule has 0 aromatic rings. The minimum atomic E-state index is 1.07. The average molecular weight is 162 g/mol. The molecule has 1 rings (SSSR count). The maximum absolute atomic E-state index is 3.27. The highest BCUT2D eigenvalue weighted by Gasteiger charge is 2.02. The zero-order valence-electron chi connectivity index (χ0n) is 4.08. The Labute approximate surface area is 51.9 Å². The number of halogens is 1. The van der Waals surface area contributed by atoms with Crippen molar-refractivity contribution in [2.45, 2.75) is 6.42 Å². The minimum absolute atomic E-state index is 1.07. The fraction of sp³-hybridized carbons (Fsp3) is 0.600. The summed E-state index contributed by atoms with van der Waals surface area (Å²) in [6, 6.07) is 0. The third-order valence-corrected chi connectivity index (χ3v) is 1.78. The van der Waals surface area contributed by atoms with Gasteiger partial charge in [-0.05, 0) is 23.5 Å². The van der Waals surface area contributed by atoms with E-state index in [0.717, 1.165) is 13.1 Å². The first-order valence-electron chi connectivity index (χ1n) is 2.42. The van der Waals surface area contributed by atoms with Crippen molar-refractivity contribution >= 4 is 15.9 Å². The summed E-state index contributed by atoms with van der Waals surface area (Å²) in [5.74, 6) is 0. The second-order valence-corrected chi connectivity index (χ2v) is 2.15. The molecular formula is C5H8BrN. The van der Waals surface area contributed by atoms with Crippen LogP contribution in [-0.2, 0) is 0 Å². The molecule has 1 aliphatic rings. The van der Waals surface area contributed by atoms with Gasteiger partial charge in [0.2, 0.25) is 0 Å². The van der Waals surface area contributed by atoms with Crippen molar-refractivity contribution in [2.75, 3.05) is 13.1 Å². The lowest BCUT2D eigenvalue weighted by Gasteiger charge is -1.83. The van der Waals surface area contributed by atoms with Crippen LogP contribution >= 0.6 is 15.9 Å². The Bertz CT molecular complexity index is 80.1. The Morgan fingerprint density at radius 2 is 2.57 bits per heavy atom. The van der Waals surface area contributed by atoms with Gasteiger partial charge in [0.15, 0.2) is 0 Å². The summed E-state index contributed by atoms with van der Waals surface area (Å²) in [6.07, 6.45) is 1.21. The van der Waals surface area contributed by atoms with Gasteiger partial charge < -0.3 is 5.32 Å². The molecular weight excluding hydrogens is 154 g/mol. The molecule has 40 valence electrons. The van der Waals surface area contributed by atoms with E-state index in [0.29, 0.717) is 0 Å². The van der Waals surface area contributed by atoms with E-state index in [1.54, 1.807) is 0 Å². The highest BCUT2D eigenvalue weighted by Crippen LogP contribution is 2.06. The van der Waals surface area contributed by atoms with Crippen LogP contribution in [0.4, 0.5) is 0 Å². The molecule has 1 nitrogen and oxygen atoms in total. The molecule has 0 bridgehead atoms. The van der Waals surface area contributed by atoms with Crippen LogP contribution < -0.4 is 5.32 Å². The summed E-state index contributed by atoms with van der Waals surface area (Å²) in [5, 5.41) is 3.22. The van der Waals surface area contributed by atoms with Gasteiger partial charge in [0.1, 0.15) is 0 Å². The van der Waals surface area contributed by atoms with Gasteiger partial charge in [0.05, 0.1) is 0 Å². The van der Waals surface area contributed by atoms with Gasteiger partial charge >= 0.3 is 0 Å². The lowest BCUT2D eigenvalue weighted by atomic mass is 10.3. The van der Waals surface area contributed by atoms with Gasteiger partial charge in [-0.25, -0.2) is 0 Å². The topological polar surface area (TPSA) is 12.0 Å². The van der Waals surface area contributed by atoms with Crippen LogP contribution in [0.2, 0.25) is 0 Å². The highest BCUT2D eigenvalue weighted by molar-refractivity contribution is 9.11. The molecule has 1 saturated heterocycles. The SMILES string of the molecule is Br/C=C1/CCNC1. The largest absolute Gasteiger partial charge is 0.313 e. The monoisotopic (exact) mass is 161 g/mol. The van der Waals surface area contributed by atoms with Crippen molar-refractivity contribution in [1.82, 2.24) is 5.32 Å². The third-order valence-electron chi connectivity index (χ3n) is 1.13. The van der Waals surface area contributed by atoms with E-state index in [1.807, 2.05) is 4.99 Å². The van der Waals surface area contributed by atoms with E-state index in [9.17, 15) is 0 Å². The molecule has 1 heterocycles. The molecule has 7 heavy (non-hydrogen) atoms. The molecule has 1 aliphatic heterocycles. The zero-order chi connectivity index (χ0) is 5.11. The van der Waals surface area contributed by atoms with Crippen molar-refractivity contribution in [3.05, 3.63) is 10.6 Å². The lowest BCUT2D eigenvalue weighted by Crippen LogP contribution is -2.04. The lowest BCUT2D eigenvalue weighted by molar-refractivity contribution is 0.862. The number of hydrogen-bond donors (Lipinski definition) is 1. The fourth-order valence-corrected chi connectivity index (χ4v) is 1.07. The summed E-state index contributed by atoms with van der Waals surface area (Å²) < 4.78 is 0. The quantitative estimate of drug-likeness (QED) is 0.565. The predicted molar refractivity (Wildman–Crippen MR) is 34.5 cm³/mol. The molecule has 0 aromatic carbocycles. The Hall–Kier alpha value is 0.180. The summed E-state index contributed by atoms with van der Waals surface area (Å²) >= 11 is 3.27. The van der Waals surface area contributed by atoms with Crippen LogP contribution in [0.15, 0.2) is 10.6 Å². The first-order chi connectivity index (χ1) is 3.43. The fourth-order valence-electron chi connectivity index (χ4n) is 0.679. The summed E-state index contributed by atoms with van der Waals surface area (Å²) in [5.41, 5.74) is 1.47. The average Bonchev–Trinajstić information content (AvgIpc) is 2.14. The van der Waals surface area contributed by atoms with E-state index in [4.69, 9.17) is 0 Å². The van der Waals surface area contributed by atoms with Crippen LogP contribution in [0.3, 0.4) is 0 Å². The molecule has 0 spiro atoms. The molecule has 1 N–H and O–H groups in total. The predicted octanol–water partition coefficient (Wildman–Crippen LogP) is 1.26. The van der Waals surface area contributed by atoms with Gasteiger partial charge in [-0.3, -0.25) is 0 Å². The smallest absolute Gasteiger partial charge is 0.0173 e. The van der Waals surface area contributed by atoms with E-state index in [1.165, 1.54) is 12.0 Å². The molecule has 2 heteroatoms. The molecule has 1 fully saturated rings. The second kappa shape index (κ2) is 2.48. The van der Waals surface area contributed by atoms with Crippen molar-refractivity contribution < 1.29 is 0 Å². The van der Waals surface area contributed by atoms with Crippen molar-refractivity contribution in [3.63, 3.8) is 0 Å². The molecule has 0 aromatic heterocycles. The zero-order valence-corrected chi connectivity index (χ0v) is 5.66. The van der Waals surface area contributed by atoms with Crippen molar-refractivity contribution in [3.8, 4) is 0 Å². The van der Waals surface area contributed by atoms with Gasteiger partial charge in [-0.15, -0.1) is 0 Å². The Kier molecular flexibility index (Phi) is 1.88. The van der Waals surface area contributed by atoms with E-state index in [2.05, 4.69) is 21.2 Å². The third kappa shape index (κ3) is 1.28. The van der Waals surface area contributed by atoms with Crippen LogP contribution in [0.25, 0.3) is 0 Å². The highest BCUT2D eigenvalue weighted by atomic mass is 79.9. The standard InChI is InChI=1S/C5H8BrN/c6-3-5-1-2-7-4-5/h3,7H,1-2,4H2/b5-3-. The normalized spacial score (nSPS) is 26.7. The van der Waals surface area contributed by atoms with Crippen molar-refractivity contribution in [1.29, 1.82) is 0 Å². The number of rotatable bonds is 0. The maximum Gasteiger partial charge on any atom is 0.0173 e. The van der Waals surface area contributed by atoms with Gasteiger partial charge in [0.25, 0.3) is 0 Å². The molecule has 0 radical (unpaired) electrons. The van der Waals surface area contributed by atoms with E-state index < -0.39 is 0 Å². The van der Waals surface area contributed by atoms with Crippen LogP contribution in [-0.4, -0.2) is 13.1 Å². The number of nitrogens with one attached hydrogen (secondary N) is 1. The summed E-state index contributed by atoms with van der Waals surface area (Å²) in [4.78, 5) is 2.01. The first-order valence-corrected chi connectivity index (χ1v) is 3.34. The van der Waals surface area contributed by atoms with Gasteiger partial charge in [-0.1, -0.05) is 15.9 Å². The maximum atomic E-state index is 3.27. The van der Waals surface area contributed by atoms with E-state index >= 15 is 0 Å². The Morgan fingerprint density at radius 3 is 2.86 bits per heavy atom. The molecule has 0 saturated carbocycles. The Balaban J connectivity index is 2.41. The minimum Gasteiger partial charge on any atom is -0.313 e. The van der Waals surface area contributed by atoms with Crippen molar-refractivity contribution in [2.24, 2.45) is 0 Å². The van der Waals surface area contributed by atoms with Crippen LogP contribution in [0, 0.1) is 0 Å². The Morgan fingerprint density at radius 1 is 1.71 bits per heavy atom.